The molecular weight excluding hydrogens is 388 g/mol. The van der Waals surface area contributed by atoms with E-state index in [2.05, 4.69) is 47.7 Å². The van der Waals surface area contributed by atoms with E-state index in [-0.39, 0.29) is 22.7 Å². The molecule has 2 aromatic rings. The minimum atomic E-state index is -3.65. The van der Waals surface area contributed by atoms with Gasteiger partial charge in [0.1, 0.15) is 5.78 Å². The monoisotopic (exact) mass is 413 g/mol. The first-order chi connectivity index (χ1) is 14.1. The molecule has 1 atom stereocenters. The number of hydrogen-bond donors (Lipinski definition) is 1. The Bertz CT molecular complexity index is 1040. The van der Waals surface area contributed by atoms with Crippen LogP contribution in [0.4, 0.5) is 14.5 Å². The lowest BCUT2D eigenvalue weighted by Crippen LogP contribution is -2.31. The molecule has 1 fully saturated rings. The highest BCUT2D eigenvalue weighted by molar-refractivity contribution is 5.95. The maximum atomic E-state index is 13.3. The van der Waals surface area contributed by atoms with Crippen LogP contribution in [-0.4, -0.2) is 18.1 Å². The van der Waals surface area contributed by atoms with E-state index in [1.165, 1.54) is 17.7 Å². The van der Waals surface area contributed by atoms with Crippen LogP contribution in [0.5, 0.6) is 11.5 Å². The highest BCUT2D eigenvalue weighted by Crippen LogP contribution is 2.52. The molecule has 0 saturated heterocycles. The van der Waals surface area contributed by atoms with Crippen LogP contribution in [0.1, 0.15) is 50.3 Å². The van der Waals surface area contributed by atoms with E-state index < -0.39 is 11.7 Å². The smallest absolute Gasteiger partial charge is 0.395 e. The highest BCUT2D eigenvalue weighted by Gasteiger charge is 2.52. The molecule has 1 aliphatic carbocycles. The zero-order valence-electron chi connectivity index (χ0n) is 17.4. The molecule has 6 heteroatoms. The number of alkyl halides is 2. The number of ketones is 1. The third-order valence-corrected chi connectivity index (χ3v) is 6.57. The van der Waals surface area contributed by atoms with Gasteiger partial charge in [0.2, 0.25) is 0 Å². The van der Waals surface area contributed by atoms with Gasteiger partial charge in [-0.3, -0.25) is 4.79 Å². The van der Waals surface area contributed by atoms with Crippen molar-refractivity contribution in [2.24, 2.45) is 5.41 Å². The van der Waals surface area contributed by atoms with Gasteiger partial charge in [-0.2, -0.15) is 0 Å². The molecule has 30 heavy (non-hydrogen) atoms. The first-order valence-corrected chi connectivity index (χ1v) is 10.4. The van der Waals surface area contributed by atoms with E-state index in [1.807, 2.05) is 6.07 Å². The number of halogens is 2. The van der Waals surface area contributed by atoms with Crippen LogP contribution < -0.4 is 14.8 Å². The fourth-order valence-corrected chi connectivity index (χ4v) is 4.50. The minimum absolute atomic E-state index is 0.00604. The largest absolute Gasteiger partial charge is 0.586 e. The second-order valence-electron chi connectivity index (χ2n) is 9.77. The first-order valence-electron chi connectivity index (χ1n) is 10.4. The molecule has 2 aliphatic heterocycles. The Morgan fingerprint density at radius 3 is 2.53 bits per heavy atom. The summed E-state index contributed by atoms with van der Waals surface area (Å²) in [5.41, 5.74) is 3.65. The Morgan fingerprint density at radius 2 is 1.83 bits per heavy atom. The van der Waals surface area contributed by atoms with Crippen LogP contribution in [0.2, 0.25) is 0 Å². The van der Waals surface area contributed by atoms with Gasteiger partial charge in [0.25, 0.3) is 0 Å². The lowest BCUT2D eigenvalue weighted by Gasteiger charge is -2.27. The van der Waals surface area contributed by atoms with Gasteiger partial charge in [0.05, 0.1) is 5.41 Å². The number of ether oxygens (including phenoxy) is 2. The van der Waals surface area contributed by atoms with Gasteiger partial charge in [-0.05, 0) is 59.6 Å². The van der Waals surface area contributed by atoms with E-state index in [1.54, 1.807) is 6.07 Å². The Hall–Kier alpha value is -2.63. The van der Waals surface area contributed by atoms with Crippen LogP contribution in [-0.2, 0) is 23.1 Å². The van der Waals surface area contributed by atoms with Gasteiger partial charge in [-0.15, -0.1) is 8.78 Å². The molecule has 0 bridgehead atoms. The summed E-state index contributed by atoms with van der Waals surface area (Å²) < 4.78 is 35.7. The van der Waals surface area contributed by atoms with E-state index in [9.17, 15) is 13.6 Å². The van der Waals surface area contributed by atoms with Crippen LogP contribution in [0.15, 0.2) is 36.4 Å². The molecule has 2 aromatic carbocycles. The van der Waals surface area contributed by atoms with E-state index in [4.69, 9.17) is 0 Å². The maximum Gasteiger partial charge on any atom is 0.586 e. The van der Waals surface area contributed by atoms with Crippen LogP contribution in [0.3, 0.4) is 0 Å². The summed E-state index contributed by atoms with van der Waals surface area (Å²) in [5.74, 6) is 0.117. The van der Waals surface area contributed by atoms with Crippen molar-refractivity contribution in [3.05, 3.63) is 53.1 Å². The molecule has 4 nitrogen and oxygen atoms in total. The lowest BCUT2D eigenvalue weighted by atomic mass is 9.85. The molecule has 158 valence electrons. The predicted molar refractivity (Wildman–Crippen MR) is 109 cm³/mol. The molecule has 1 N–H and O–H groups in total. The topological polar surface area (TPSA) is 47.6 Å². The van der Waals surface area contributed by atoms with Crippen molar-refractivity contribution in [2.75, 3.05) is 5.32 Å². The number of hydrogen-bond acceptors (Lipinski definition) is 4. The fourth-order valence-electron chi connectivity index (χ4n) is 4.50. The molecule has 0 radical (unpaired) electrons. The highest BCUT2D eigenvalue weighted by atomic mass is 19.3. The second kappa shape index (κ2) is 6.19. The average Bonchev–Trinajstić information content (AvgIpc) is 3.24. The van der Waals surface area contributed by atoms with Crippen LogP contribution in [0, 0.1) is 5.41 Å². The number of fused-ring (bicyclic) bond motifs is 2. The number of anilines is 1. The summed E-state index contributed by atoms with van der Waals surface area (Å²) >= 11 is 0. The van der Waals surface area contributed by atoms with Gasteiger partial charge in [-0.25, -0.2) is 0 Å². The molecule has 1 unspecified atom stereocenters. The maximum absolute atomic E-state index is 13.3. The van der Waals surface area contributed by atoms with Crippen molar-refractivity contribution >= 4 is 11.5 Å². The summed E-state index contributed by atoms with van der Waals surface area (Å²) in [7, 11) is 0. The van der Waals surface area contributed by atoms with Gasteiger partial charge in [0.15, 0.2) is 11.5 Å². The van der Waals surface area contributed by atoms with Crippen LogP contribution >= 0.6 is 0 Å². The second-order valence-corrected chi connectivity index (χ2v) is 9.77. The summed E-state index contributed by atoms with van der Waals surface area (Å²) in [4.78, 5) is 13.2. The fraction of sp³-hybridized carbons (Fsp3) is 0.458. The van der Waals surface area contributed by atoms with Crippen molar-refractivity contribution < 1.29 is 23.0 Å². The predicted octanol–water partition coefficient (Wildman–Crippen LogP) is 5.23. The Kier molecular flexibility index (Phi) is 3.99. The first kappa shape index (κ1) is 19.3. The summed E-state index contributed by atoms with van der Waals surface area (Å²) in [6.45, 7) is 6.66. The summed E-state index contributed by atoms with van der Waals surface area (Å²) in [6.07, 6.45) is -0.924. The van der Waals surface area contributed by atoms with Crippen LogP contribution in [0.25, 0.3) is 0 Å². The Balaban J connectivity index is 1.34. The number of nitrogens with one attached hydrogen (secondary N) is 1. The van der Waals surface area contributed by atoms with Crippen molar-refractivity contribution in [1.82, 2.24) is 0 Å². The summed E-state index contributed by atoms with van der Waals surface area (Å²) in [5, 5.41) is 3.58. The molecule has 0 aromatic heterocycles. The zero-order chi connectivity index (χ0) is 21.3. The van der Waals surface area contributed by atoms with E-state index in [0.717, 1.165) is 36.1 Å². The number of benzene rings is 2. The Morgan fingerprint density at radius 1 is 1.10 bits per heavy atom. The molecule has 0 amide bonds. The number of carbonyl (C=O) groups is 1. The van der Waals surface area contributed by atoms with Crippen molar-refractivity contribution in [1.29, 1.82) is 0 Å². The normalized spacial score (nSPS) is 22.4. The SMILES string of the molecule is CC(C)(C)C1Cc2cc(CC(=O)C3(c4ccc5c(c4)OC(F)(F)O5)CC3)ccc2N1. The third-order valence-electron chi connectivity index (χ3n) is 6.57. The number of rotatable bonds is 4. The minimum Gasteiger partial charge on any atom is -0.395 e. The number of Topliss-reactive ketones (excluding diaryl/α,β-unsaturated/α-hetero) is 1. The van der Waals surface area contributed by atoms with Crippen molar-refractivity contribution in [3.8, 4) is 11.5 Å². The summed E-state index contributed by atoms with van der Waals surface area (Å²) in [6, 6.07) is 11.3. The van der Waals surface area contributed by atoms with Gasteiger partial charge in [0, 0.05) is 18.2 Å². The average molecular weight is 413 g/mol. The Labute approximate surface area is 174 Å². The van der Waals surface area contributed by atoms with E-state index >= 15 is 0 Å². The third kappa shape index (κ3) is 3.22. The quantitative estimate of drug-likeness (QED) is 0.745. The van der Waals surface area contributed by atoms with Gasteiger partial charge >= 0.3 is 6.29 Å². The molecular formula is C24H25F2NO3. The number of carbonyl (C=O) groups excluding carboxylic acids is 1. The van der Waals surface area contributed by atoms with Crippen molar-refractivity contribution in [2.45, 2.75) is 64.2 Å². The van der Waals surface area contributed by atoms with E-state index in [0.29, 0.717) is 12.5 Å². The van der Waals surface area contributed by atoms with Gasteiger partial charge < -0.3 is 14.8 Å². The van der Waals surface area contributed by atoms with Gasteiger partial charge in [-0.1, -0.05) is 39.0 Å². The zero-order valence-corrected chi connectivity index (χ0v) is 17.4. The molecule has 0 spiro atoms. The molecule has 1 saturated carbocycles. The molecule has 3 aliphatic rings. The standard InChI is InChI=1S/C24H25F2NO3/c1-22(2,3)20-12-15-10-14(4-6-17(15)27-20)11-21(28)23(8-9-23)16-5-7-18-19(13-16)30-24(25,26)29-18/h4-7,10,13,20,27H,8-9,11-12H2,1-3H3. The molecule has 2 heterocycles. The molecule has 5 rings (SSSR count). The van der Waals surface area contributed by atoms with Crippen molar-refractivity contribution in [3.63, 3.8) is 0 Å². The lowest BCUT2D eigenvalue weighted by molar-refractivity contribution is -0.286.